The van der Waals surface area contributed by atoms with E-state index < -0.39 is 0 Å². The number of nitrogens with one attached hydrogen (secondary N) is 1. The lowest BCUT2D eigenvalue weighted by atomic mass is 10.0. The molecule has 2 rings (SSSR count). The summed E-state index contributed by atoms with van der Waals surface area (Å²) in [5, 5.41) is 7.94. The maximum absolute atomic E-state index is 5.55. The molecule has 0 aliphatic heterocycles. The lowest BCUT2D eigenvalue weighted by Gasteiger charge is -2.22. The van der Waals surface area contributed by atoms with Gasteiger partial charge in [-0.25, -0.2) is 0 Å². The van der Waals surface area contributed by atoms with Gasteiger partial charge in [0.15, 0.2) is 0 Å². The number of nitrogens with zero attached hydrogens (tertiary/aromatic N) is 2. The highest BCUT2D eigenvalue weighted by Gasteiger charge is 2.23. The van der Waals surface area contributed by atoms with E-state index in [0.717, 1.165) is 39.0 Å². The van der Waals surface area contributed by atoms with Gasteiger partial charge in [-0.15, -0.1) is 0 Å². The molecule has 21 heavy (non-hydrogen) atoms. The molecule has 0 aliphatic rings. The number of hydrogen-bond acceptors (Lipinski definition) is 3. The first-order valence-electron chi connectivity index (χ1n) is 6.90. The summed E-state index contributed by atoms with van der Waals surface area (Å²) in [7, 11) is 1.69. The molecule has 0 aliphatic carbocycles. The van der Waals surface area contributed by atoms with Crippen molar-refractivity contribution >= 4 is 31.9 Å². The molecule has 6 heteroatoms. The van der Waals surface area contributed by atoms with Gasteiger partial charge in [0.2, 0.25) is 0 Å². The molecule has 0 radical (unpaired) electrons. The van der Waals surface area contributed by atoms with E-state index in [1.54, 1.807) is 7.11 Å². The zero-order valence-electron chi connectivity index (χ0n) is 12.4. The van der Waals surface area contributed by atoms with Crippen LogP contribution >= 0.6 is 31.9 Å². The summed E-state index contributed by atoms with van der Waals surface area (Å²) in [5.74, 6) is 0.853. The number of aryl methyl sites for hydroxylation is 1. The maximum Gasteiger partial charge on any atom is 0.125 e. The fourth-order valence-corrected chi connectivity index (χ4v) is 3.26. The number of benzene rings is 1. The van der Waals surface area contributed by atoms with Crippen LogP contribution in [0.1, 0.15) is 31.1 Å². The summed E-state index contributed by atoms with van der Waals surface area (Å²) < 4.78 is 9.55. The minimum atomic E-state index is 0.0230. The van der Waals surface area contributed by atoms with E-state index in [1.807, 2.05) is 23.0 Å². The third-order valence-electron chi connectivity index (χ3n) is 3.32. The van der Waals surface area contributed by atoms with Crippen molar-refractivity contribution in [2.75, 3.05) is 13.7 Å². The molecule has 0 saturated heterocycles. The van der Waals surface area contributed by atoms with Crippen molar-refractivity contribution in [3.8, 4) is 5.75 Å². The van der Waals surface area contributed by atoms with Crippen LogP contribution in [-0.4, -0.2) is 23.4 Å². The molecule has 1 unspecified atom stereocenters. The van der Waals surface area contributed by atoms with Gasteiger partial charge in [0.05, 0.1) is 29.5 Å². The second-order valence-corrected chi connectivity index (χ2v) is 6.34. The van der Waals surface area contributed by atoms with E-state index in [0.29, 0.717) is 0 Å². The van der Waals surface area contributed by atoms with Crippen molar-refractivity contribution < 1.29 is 4.74 Å². The highest BCUT2D eigenvalue weighted by atomic mass is 79.9. The van der Waals surface area contributed by atoms with Gasteiger partial charge in [-0.05, 0) is 41.5 Å². The molecule has 1 heterocycles. The van der Waals surface area contributed by atoms with E-state index in [9.17, 15) is 0 Å². The molecule has 1 N–H and O–H groups in total. The van der Waals surface area contributed by atoms with E-state index in [1.165, 1.54) is 0 Å². The first kappa shape index (κ1) is 16.5. The van der Waals surface area contributed by atoms with Crippen molar-refractivity contribution in [1.82, 2.24) is 15.1 Å². The molecule has 0 spiro atoms. The van der Waals surface area contributed by atoms with Gasteiger partial charge in [-0.1, -0.05) is 28.9 Å². The van der Waals surface area contributed by atoms with Crippen LogP contribution in [0.2, 0.25) is 0 Å². The molecule has 0 fully saturated rings. The average molecular weight is 417 g/mol. The normalized spacial score (nSPS) is 12.4. The van der Waals surface area contributed by atoms with Gasteiger partial charge in [-0.3, -0.25) is 4.68 Å². The van der Waals surface area contributed by atoms with Crippen LogP contribution in [0.15, 0.2) is 33.3 Å². The summed E-state index contributed by atoms with van der Waals surface area (Å²) in [4.78, 5) is 0. The Bertz CT molecular complexity index is 613. The highest BCUT2D eigenvalue weighted by Crippen LogP contribution is 2.35. The molecular formula is C15H19Br2N3O. The number of hydrogen-bond donors (Lipinski definition) is 1. The number of methoxy groups -OCH3 is 1. The van der Waals surface area contributed by atoms with Gasteiger partial charge < -0.3 is 10.1 Å². The molecule has 4 nitrogen and oxygen atoms in total. The van der Waals surface area contributed by atoms with Crippen molar-refractivity contribution in [2.45, 2.75) is 26.4 Å². The van der Waals surface area contributed by atoms with E-state index >= 15 is 0 Å². The zero-order chi connectivity index (χ0) is 15.4. The van der Waals surface area contributed by atoms with Crippen molar-refractivity contribution in [1.29, 1.82) is 0 Å². The molecule has 0 amide bonds. The predicted octanol–water partition coefficient (Wildman–Crippen LogP) is 4.14. The van der Waals surface area contributed by atoms with Gasteiger partial charge in [0.1, 0.15) is 5.75 Å². The van der Waals surface area contributed by atoms with Gasteiger partial charge in [0.25, 0.3) is 0 Å². The standard InChI is InChI=1S/C15H19Br2N3O/c1-4-18-14(15-12(17)9-19-20(15)5-2)11-7-6-10(16)8-13(11)21-3/h6-9,14,18H,4-5H2,1-3H3. The smallest absolute Gasteiger partial charge is 0.125 e. The first-order chi connectivity index (χ1) is 10.1. The largest absolute Gasteiger partial charge is 0.496 e. The fourth-order valence-electron chi connectivity index (χ4n) is 2.39. The lowest BCUT2D eigenvalue weighted by molar-refractivity contribution is 0.401. The van der Waals surface area contributed by atoms with Gasteiger partial charge in [-0.2, -0.15) is 5.10 Å². The molecule has 1 aromatic heterocycles. The van der Waals surface area contributed by atoms with Crippen LogP contribution in [0.25, 0.3) is 0 Å². The Balaban J connectivity index is 2.56. The van der Waals surface area contributed by atoms with Crippen molar-refractivity contribution in [3.05, 3.63) is 44.6 Å². The number of halogens is 2. The van der Waals surface area contributed by atoms with Crippen LogP contribution < -0.4 is 10.1 Å². The molecule has 114 valence electrons. The number of aromatic nitrogens is 2. The predicted molar refractivity (Wildman–Crippen MR) is 91.8 cm³/mol. The molecule has 0 saturated carbocycles. The van der Waals surface area contributed by atoms with E-state index in [2.05, 4.69) is 62.2 Å². The van der Waals surface area contributed by atoms with Crippen LogP contribution in [0, 0.1) is 0 Å². The average Bonchev–Trinajstić information content (AvgIpc) is 2.86. The summed E-state index contributed by atoms with van der Waals surface area (Å²) in [6.45, 7) is 5.86. The fraction of sp³-hybridized carbons (Fsp3) is 0.400. The molecule has 1 atom stereocenters. The second-order valence-electron chi connectivity index (χ2n) is 4.57. The van der Waals surface area contributed by atoms with Crippen molar-refractivity contribution in [3.63, 3.8) is 0 Å². The van der Waals surface area contributed by atoms with Crippen LogP contribution in [-0.2, 0) is 6.54 Å². The van der Waals surface area contributed by atoms with E-state index in [-0.39, 0.29) is 6.04 Å². The maximum atomic E-state index is 5.55. The van der Waals surface area contributed by atoms with Crippen LogP contribution in [0.4, 0.5) is 0 Å². The van der Waals surface area contributed by atoms with Crippen molar-refractivity contribution in [2.24, 2.45) is 0 Å². The Hall–Kier alpha value is -0.850. The Labute approximate surface area is 142 Å². The number of ether oxygens (including phenoxy) is 1. The minimum absolute atomic E-state index is 0.0230. The lowest BCUT2D eigenvalue weighted by Crippen LogP contribution is -2.25. The first-order valence-corrected chi connectivity index (χ1v) is 8.48. The highest BCUT2D eigenvalue weighted by molar-refractivity contribution is 9.10. The third-order valence-corrected chi connectivity index (χ3v) is 4.43. The monoisotopic (exact) mass is 415 g/mol. The van der Waals surface area contributed by atoms with E-state index in [4.69, 9.17) is 4.74 Å². The Morgan fingerprint density at radius 3 is 2.71 bits per heavy atom. The van der Waals surface area contributed by atoms with Crippen LogP contribution in [0.3, 0.4) is 0 Å². The van der Waals surface area contributed by atoms with Gasteiger partial charge in [0, 0.05) is 16.6 Å². The Morgan fingerprint density at radius 2 is 2.10 bits per heavy atom. The topological polar surface area (TPSA) is 39.1 Å². The summed E-state index contributed by atoms with van der Waals surface area (Å²) in [6.07, 6.45) is 1.84. The number of rotatable bonds is 6. The Morgan fingerprint density at radius 1 is 1.33 bits per heavy atom. The molecule has 1 aromatic carbocycles. The SMILES string of the molecule is CCNC(c1ccc(Br)cc1OC)c1c(Br)cnn1CC. The molecular weight excluding hydrogens is 398 g/mol. The zero-order valence-corrected chi connectivity index (χ0v) is 15.5. The minimum Gasteiger partial charge on any atom is -0.496 e. The van der Waals surface area contributed by atoms with Crippen LogP contribution in [0.5, 0.6) is 5.75 Å². The summed E-state index contributed by atoms with van der Waals surface area (Å²) in [6, 6.07) is 6.12. The quantitative estimate of drug-likeness (QED) is 0.769. The summed E-state index contributed by atoms with van der Waals surface area (Å²) in [5.41, 5.74) is 2.21. The molecule has 2 aromatic rings. The third kappa shape index (κ3) is 3.49. The Kier molecular flexibility index (Phi) is 5.84. The second kappa shape index (κ2) is 7.42. The summed E-state index contributed by atoms with van der Waals surface area (Å²) >= 11 is 7.10. The molecule has 0 bridgehead atoms. The van der Waals surface area contributed by atoms with Gasteiger partial charge >= 0.3 is 0 Å².